The van der Waals surface area contributed by atoms with Gasteiger partial charge < -0.3 is 10.6 Å². The molecule has 5 nitrogen and oxygen atoms in total. The van der Waals surface area contributed by atoms with Gasteiger partial charge in [0.05, 0.1) is 0 Å². The first-order valence-electron chi connectivity index (χ1n) is 5.75. The van der Waals surface area contributed by atoms with E-state index in [0.717, 1.165) is 12.1 Å². The summed E-state index contributed by atoms with van der Waals surface area (Å²) in [6, 6.07) is 3.19. The molecule has 2 N–H and O–H groups in total. The summed E-state index contributed by atoms with van der Waals surface area (Å²) in [5.41, 5.74) is 5.75. The highest BCUT2D eigenvalue weighted by atomic mass is 19.1. The number of nitrogens with zero attached hydrogens (tertiary/aromatic N) is 3. The molecule has 0 fully saturated rings. The van der Waals surface area contributed by atoms with Crippen molar-refractivity contribution < 1.29 is 13.6 Å². The molecule has 0 radical (unpaired) electrons. The number of rotatable bonds is 3. The summed E-state index contributed by atoms with van der Waals surface area (Å²) in [6.07, 6.45) is 2.71. The third kappa shape index (κ3) is 2.87. The number of hydrogen-bond donors (Lipinski definition) is 1. The van der Waals surface area contributed by atoms with E-state index in [1.54, 1.807) is 0 Å². The lowest BCUT2D eigenvalue weighted by Crippen LogP contribution is -2.28. The Morgan fingerprint density at radius 1 is 1.30 bits per heavy atom. The monoisotopic (exact) mass is 278 g/mol. The van der Waals surface area contributed by atoms with Crippen LogP contribution in [-0.4, -0.2) is 27.8 Å². The Labute approximate surface area is 114 Å². The van der Waals surface area contributed by atoms with Crippen molar-refractivity contribution >= 4 is 11.7 Å². The highest BCUT2D eigenvalue weighted by molar-refractivity contribution is 5.96. The molecule has 0 aliphatic rings. The molecule has 104 valence electrons. The molecule has 0 spiro atoms. The number of carbonyl (C=O) groups is 1. The first kappa shape index (κ1) is 13.9. The Balaban J connectivity index is 2.18. The van der Waals surface area contributed by atoms with Crippen molar-refractivity contribution in [3.05, 3.63) is 53.5 Å². The van der Waals surface area contributed by atoms with Gasteiger partial charge in [-0.2, -0.15) is 0 Å². The van der Waals surface area contributed by atoms with E-state index in [1.807, 2.05) is 0 Å². The van der Waals surface area contributed by atoms with Crippen molar-refractivity contribution in [3.8, 4) is 0 Å². The zero-order chi connectivity index (χ0) is 14.7. The predicted molar refractivity (Wildman–Crippen MR) is 68.6 cm³/mol. The highest BCUT2D eigenvalue weighted by Crippen LogP contribution is 2.14. The molecule has 0 saturated carbocycles. The maximum absolute atomic E-state index is 13.5. The molecule has 0 aliphatic heterocycles. The zero-order valence-corrected chi connectivity index (χ0v) is 10.7. The van der Waals surface area contributed by atoms with Crippen LogP contribution in [0.25, 0.3) is 0 Å². The van der Waals surface area contributed by atoms with Crippen LogP contribution in [0.3, 0.4) is 0 Å². The third-order valence-corrected chi connectivity index (χ3v) is 2.70. The molecule has 7 heteroatoms. The van der Waals surface area contributed by atoms with Gasteiger partial charge in [-0.25, -0.2) is 18.7 Å². The van der Waals surface area contributed by atoms with Crippen LogP contribution in [-0.2, 0) is 6.54 Å². The summed E-state index contributed by atoms with van der Waals surface area (Å²) < 4.78 is 26.3. The number of halogens is 2. The van der Waals surface area contributed by atoms with E-state index in [9.17, 15) is 13.6 Å². The van der Waals surface area contributed by atoms with Crippen molar-refractivity contribution in [2.45, 2.75) is 6.54 Å². The molecule has 0 unspecified atom stereocenters. The topological polar surface area (TPSA) is 72.1 Å². The maximum Gasteiger partial charge on any atom is 0.276 e. The lowest BCUT2D eigenvalue weighted by molar-refractivity contribution is 0.0779. The summed E-state index contributed by atoms with van der Waals surface area (Å²) in [4.78, 5) is 20.9. The summed E-state index contributed by atoms with van der Waals surface area (Å²) in [5.74, 6) is -1.86. The second-order valence-corrected chi connectivity index (χ2v) is 4.19. The Kier molecular flexibility index (Phi) is 3.88. The number of aromatic nitrogens is 2. The molecule has 1 heterocycles. The Hall–Kier alpha value is -2.57. The lowest BCUT2D eigenvalue weighted by Gasteiger charge is -2.17. The van der Waals surface area contributed by atoms with Gasteiger partial charge in [0.25, 0.3) is 5.91 Å². The van der Waals surface area contributed by atoms with E-state index >= 15 is 0 Å². The molecule has 0 atom stereocenters. The molecule has 2 rings (SSSR count). The number of anilines is 1. The van der Waals surface area contributed by atoms with Crippen LogP contribution in [0.5, 0.6) is 0 Å². The van der Waals surface area contributed by atoms with E-state index in [2.05, 4.69) is 9.97 Å². The van der Waals surface area contributed by atoms with Crippen LogP contribution in [0.15, 0.2) is 30.6 Å². The molecule has 1 amide bonds. The van der Waals surface area contributed by atoms with Crippen LogP contribution in [0.4, 0.5) is 14.6 Å². The van der Waals surface area contributed by atoms with Crippen molar-refractivity contribution in [2.75, 3.05) is 12.8 Å². The van der Waals surface area contributed by atoms with E-state index in [-0.39, 0.29) is 23.6 Å². The van der Waals surface area contributed by atoms with Gasteiger partial charge in [0, 0.05) is 37.6 Å². The number of carbonyl (C=O) groups excluding carboxylic acids is 1. The number of nitrogens with two attached hydrogens (primary N) is 1. The van der Waals surface area contributed by atoms with Crippen molar-refractivity contribution in [3.63, 3.8) is 0 Å². The first-order chi connectivity index (χ1) is 9.49. The molecule has 0 saturated heterocycles. The van der Waals surface area contributed by atoms with E-state index in [4.69, 9.17) is 5.73 Å². The lowest BCUT2D eigenvalue weighted by atomic mass is 10.2. The van der Waals surface area contributed by atoms with Gasteiger partial charge >= 0.3 is 0 Å². The predicted octanol–water partition coefficient (Wildman–Crippen LogP) is 1.61. The van der Waals surface area contributed by atoms with E-state index < -0.39 is 17.5 Å². The summed E-state index contributed by atoms with van der Waals surface area (Å²) >= 11 is 0. The standard InChI is InChI=1S/C13H12F2N4O/c1-19(7-8-2-3-9(14)6-10(8)15)13(20)11-12(16)18-5-4-17-11/h2-6H,7H2,1H3,(H2,16,18). The van der Waals surface area contributed by atoms with Crippen LogP contribution >= 0.6 is 0 Å². The molecule has 1 aromatic heterocycles. The SMILES string of the molecule is CN(Cc1ccc(F)cc1F)C(=O)c1nccnc1N. The van der Waals surface area contributed by atoms with Gasteiger partial charge in [-0.3, -0.25) is 4.79 Å². The fraction of sp³-hybridized carbons (Fsp3) is 0.154. The molecular weight excluding hydrogens is 266 g/mol. The molecule has 1 aromatic carbocycles. The smallest absolute Gasteiger partial charge is 0.276 e. The van der Waals surface area contributed by atoms with E-state index in [0.29, 0.717) is 0 Å². The highest BCUT2D eigenvalue weighted by Gasteiger charge is 2.18. The largest absolute Gasteiger partial charge is 0.382 e. The summed E-state index contributed by atoms with van der Waals surface area (Å²) in [7, 11) is 1.47. The quantitative estimate of drug-likeness (QED) is 0.925. The van der Waals surface area contributed by atoms with Gasteiger partial charge in [-0.1, -0.05) is 6.07 Å². The van der Waals surface area contributed by atoms with Gasteiger partial charge in [-0.05, 0) is 6.07 Å². The molecular formula is C13H12F2N4O. The van der Waals surface area contributed by atoms with Crippen molar-refractivity contribution in [1.29, 1.82) is 0 Å². The molecule has 0 aliphatic carbocycles. The summed E-state index contributed by atoms with van der Waals surface area (Å²) in [5, 5.41) is 0. The van der Waals surface area contributed by atoms with Crippen LogP contribution in [0, 0.1) is 11.6 Å². The number of benzene rings is 1. The van der Waals surface area contributed by atoms with Gasteiger partial charge in [-0.15, -0.1) is 0 Å². The first-order valence-corrected chi connectivity index (χ1v) is 5.75. The molecule has 20 heavy (non-hydrogen) atoms. The third-order valence-electron chi connectivity index (χ3n) is 2.70. The number of hydrogen-bond acceptors (Lipinski definition) is 4. The fourth-order valence-corrected chi connectivity index (χ4v) is 1.67. The Morgan fingerprint density at radius 3 is 2.65 bits per heavy atom. The van der Waals surface area contributed by atoms with Crippen molar-refractivity contribution in [2.24, 2.45) is 0 Å². The van der Waals surface area contributed by atoms with Gasteiger partial charge in [0.1, 0.15) is 11.6 Å². The Bertz CT molecular complexity index is 648. The zero-order valence-electron chi connectivity index (χ0n) is 10.7. The fourth-order valence-electron chi connectivity index (χ4n) is 1.67. The van der Waals surface area contributed by atoms with Crippen LogP contribution in [0.1, 0.15) is 16.1 Å². The summed E-state index contributed by atoms with van der Waals surface area (Å²) in [6.45, 7) is -0.0268. The minimum atomic E-state index is -0.711. The second-order valence-electron chi connectivity index (χ2n) is 4.19. The van der Waals surface area contributed by atoms with Gasteiger partial charge in [0.15, 0.2) is 11.5 Å². The Morgan fingerprint density at radius 2 is 2.00 bits per heavy atom. The molecule has 2 aromatic rings. The van der Waals surface area contributed by atoms with Gasteiger partial charge in [0.2, 0.25) is 0 Å². The van der Waals surface area contributed by atoms with Crippen molar-refractivity contribution in [1.82, 2.24) is 14.9 Å². The second kappa shape index (κ2) is 5.60. The average Bonchev–Trinajstić information content (AvgIpc) is 2.41. The minimum Gasteiger partial charge on any atom is -0.382 e. The van der Waals surface area contributed by atoms with E-state index in [1.165, 1.54) is 30.4 Å². The average molecular weight is 278 g/mol. The molecule has 0 bridgehead atoms. The van der Waals surface area contributed by atoms with Crippen LogP contribution in [0.2, 0.25) is 0 Å². The van der Waals surface area contributed by atoms with Crippen LogP contribution < -0.4 is 5.73 Å². The maximum atomic E-state index is 13.5. The number of amides is 1. The normalized spacial score (nSPS) is 10.3. The number of nitrogen functional groups attached to an aromatic ring is 1. The minimum absolute atomic E-state index is 0.00230.